The van der Waals surface area contributed by atoms with E-state index in [9.17, 15) is 28.6 Å². The van der Waals surface area contributed by atoms with Gasteiger partial charge >= 0.3 is 12.6 Å². The van der Waals surface area contributed by atoms with Crippen molar-refractivity contribution in [3.8, 4) is 0 Å². The molecule has 0 unspecified atom stereocenters. The summed E-state index contributed by atoms with van der Waals surface area (Å²) >= 11 is 0. The normalized spacial score (nSPS) is 23.9. The molecule has 11 heteroatoms. The number of nitrogens with zero attached hydrogens (tertiary/aromatic N) is 3. The number of aromatic nitrogens is 2. The number of amides is 2. The standard InChI is InChI=1S/C16H24F2N4O5/c1-16(2,3)27-15(26)19-11-6-9(23)7-21(8-12(11)24)13(25)10-4-5-22(20-10)14(17)18/h4-5,9,11-12,14,23-24H,6-8H2,1-3H3,(H,19,26)/t9-,11-,12-/m1/s1. The van der Waals surface area contributed by atoms with Gasteiger partial charge < -0.3 is 25.2 Å². The minimum atomic E-state index is -2.88. The summed E-state index contributed by atoms with van der Waals surface area (Å²) in [5, 5.41) is 26.5. The van der Waals surface area contributed by atoms with E-state index in [1.807, 2.05) is 0 Å². The Morgan fingerprint density at radius 1 is 1.33 bits per heavy atom. The molecule has 1 aromatic heterocycles. The minimum absolute atomic E-state index is 0.00430. The highest BCUT2D eigenvalue weighted by Crippen LogP contribution is 2.17. The van der Waals surface area contributed by atoms with Gasteiger partial charge in [-0.2, -0.15) is 13.9 Å². The smallest absolute Gasteiger partial charge is 0.407 e. The molecule has 152 valence electrons. The number of carbonyl (C=O) groups is 2. The zero-order valence-electron chi connectivity index (χ0n) is 15.3. The van der Waals surface area contributed by atoms with Crippen LogP contribution >= 0.6 is 0 Å². The van der Waals surface area contributed by atoms with Crippen molar-refractivity contribution in [2.45, 2.75) is 57.6 Å². The van der Waals surface area contributed by atoms with Gasteiger partial charge in [-0.3, -0.25) is 4.79 Å². The molecule has 1 aliphatic rings. The molecule has 2 rings (SSSR count). The number of alkyl halides is 2. The van der Waals surface area contributed by atoms with Crippen molar-refractivity contribution in [1.82, 2.24) is 20.0 Å². The molecule has 1 aromatic rings. The van der Waals surface area contributed by atoms with Crippen LogP contribution in [-0.2, 0) is 4.74 Å². The van der Waals surface area contributed by atoms with Gasteiger partial charge in [0.2, 0.25) is 0 Å². The molecule has 0 aliphatic carbocycles. The Kier molecular flexibility index (Phi) is 6.37. The SMILES string of the molecule is CC(C)(C)OC(=O)N[C@@H]1C[C@@H](O)CN(C(=O)c2ccn(C(F)F)n2)C[C@H]1O. The van der Waals surface area contributed by atoms with Gasteiger partial charge in [-0.1, -0.05) is 0 Å². The maximum absolute atomic E-state index is 12.6. The number of likely N-dealkylation sites (tertiary alicyclic amines) is 1. The van der Waals surface area contributed by atoms with E-state index in [2.05, 4.69) is 10.4 Å². The van der Waals surface area contributed by atoms with Crippen LogP contribution < -0.4 is 5.32 Å². The molecule has 0 radical (unpaired) electrons. The quantitative estimate of drug-likeness (QED) is 0.701. The number of carbonyl (C=O) groups excluding carboxylic acids is 2. The van der Waals surface area contributed by atoms with Crippen LogP contribution in [0.1, 0.15) is 44.2 Å². The van der Waals surface area contributed by atoms with E-state index in [1.54, 1.807) is 20.8 Å². The Bertz CT molecular complexity index is 676. The maximum Gasteiger partial charge on any atom is 0.407 e. The number of aliphatic hydroxyl groups excluding tert-OH is 2. The number of nitrogens with one attached hydrogen (secondary N) is 1. The van der Waals surface area contributed by atoms with Crippen molar-refractivity contribution in [2.24, 2.45) is 0 Å². The van der Waals surface area contributed by atoms with Gasteiger partial charge in [-0.15, -0.1) is 0 Å². The zero-order chi connectivity index (χ0) is 20.4. The Balaban J connectivity index is 2.05. The van der Waals surface area contributed by atoms with Crippen molar-refractivity contribution in [3.63, 3.8) is 0 Å². The van der Waals surface area contributed by atoms with Crippen LogP contribution in [0.2, 0.25) is 0 Å². The van der Waals surface area contributed by atoms with Gasteiger partial charge in [0, 0.05) is 19.3 Å². The highest BCUT2D eigenvalue weighted by atomic mass is 19.3. The van der Waals surface area contributed by atoms with Crippen LogP contribution in [0.5, 0.6) is 0 Å². The Morgan fingerprint density at radius 3 is 2.56 bits per heavy atom. The first-order valence-electron chi connectivity index (χ1n) is 8.44. The number of hydrogen-bond acceptors (Lipinski definition) is 6. The van der Waals surface area contributed by atoms with Crippen molar-refractivity contribution in [2.75, 3.05) is 13.1 Å². The number of alkyl carbamates (subject to hydrolysis) is 1. The minimum Gasteiger partial charge on any atom is -0.444 e. The number of ether oxygens (including phenoxy) is 1. The third-order valence-electron chi connectivity index (χ3n) is 3.85. The molecule has 0 saturated carbocycles. The second kappa shape index (κ2) is 8.17. The molecule has 1 aliphatic heterocycles. The maximum atomic E-state index is 12.6. The van der Waals surface area contributed by atoms with Crippen molar-refractivity contribution in [3.05, 3.63) is 18.0 Å². The molecule has 2 heterocycles. The zero-order valence-corrected chi connectivity index (χ0v) is 15.3. The third kappa shape index (κ3) is 5.86. The average molecular weight is 390 g/mol. The molecule has 1 saturated heterocycles. The van der Waals surface area contributed by atoms with Gasteiger partial charge in [-0.05, 0) is 33.3 Å². The number of β-amino-alcohol motifs (C(OH)–C–C–N with tert-alkyl or cyclic N) is 2. The summed E-state index contributed by atoms with van der Waals surface area (Å²) < 4.78 is 30.7. The number of rotatable bonds is 3. The molecule has 3 N–H and O–H groups in total. The summed E-state index contributed by atoms with van der Waals surface area (Å²) in [5.41, 5.74) is -0.961. The topological polar surface area (TPSA) is 117 Å². The van der Waals surface area contributed by atoms with E-state index < -0.39 is 42.4 Å². The average Bonchev–Trinajstić information content (AvgIpc) is 2.96. The lowest BCUT2D eigenvalue weighted by molar-refractivity contribution is 0.0382. The van der Waals surface area contributed by atoms with E-state index in [1.165, 1.54) is 0 Å². The van der Waals surface area contributed by atoms with Gasteiger partial charge in [0.05, 0.1) is 18.2 Å². The summed E-state index contributed by atoms with van der Waals surface area (Å²) in [7, 11) is 0. The second-order valence-electron chi connectivity index (χ2n) is 7.38. The molecule has 0 aromatic carbocycles. The van der Waals surface area contributed by atoms with E-state index in [-0.39, 0.29) is 25.2 Å². The van der Waals surface area contributed by atoms with E-state index in [4.69, 9.17) is 4.74 Å². The summed E-state index contributed by atoms with van der Waals surface area (Å²) in [4.78, 5) is 25.5. The monoisotopic (exact) mass is 390 g/mol. The number of aliphatic hydroxyl groups is 2. The van der Waals surface area contributed by atoms with Crippen molar-refractivity contribution >= 4 is 12.0 Å². The van der Waals surface area contributed by atoms with E-state index in [0.29, 0.717) is 4.68 Å². The molecule has 0 bridgehead atoms. The fourth-order valence-corrected chi connectivity index (χ4v) is 2.71. The van der Waals surface area contributed by atoms with Crippen molar-refractivity contribution in [1.29, 1.82) is 0 Å². The molecule has 27 heavy (non-hydrogen) atoms. The fraction of sp³-hybridized carbons (Fsp3) is 0.688. The highest BCUT2D eigenvalue weighted by Gasteiger charge is 2.34. The highest BCUT2D eigenvalue weighted by molar-refractivity contribution is 5.92. The summed E-state index contributed by atoms with van der Waals surface area (Å²) in [5.74, 6) is -0.703. The van der Waals surface area contributed by atoms with Crippen LogP contribution in [0, 0.1) is 0 Å². The molecular formula is C16H24F2N4O5. The first-order chi connectivity index (χ1) is 12.5. The molecule has 2 amide bonds. The summed E-state index contributed by atoms with van der Waals surface area (Å²) in [6, 6.07) is 0.292. The van der Waals surface area contributed by atoms with E-state index >= 15 is 0 Å². The Hall–Kier alpha value is -2.27. The molecule has 0 spiro atoms. The number of hydrogen-bond donors (Lipinski definition) is 3. The Labute approximate surface area is 154 Å². The Morgan fingerprint density at radius 2 is 2.00 bits per heavy atom. The number of halogens is 2. The largest absolute Gasteiger partial charge is 0.444 e. The fourth-order valence-electron chi connectivity index (χ4n) is 2.71. The van der Waals surface area contributed by atoms with Crippen LogP contribution in [0.15, 0.2) is 12.3 Å². The van der Waals surface area contributed by atoms with Gasteiger partial charge in [-0.25, -0.2) is 9.48 Å². The van der Waals surface area contributed by atoms with Crippen LogP contribution in [-0.4, -0.2) is 73.8 Å². The van der Waals surface area contributed by atoms with E-state index in [0.717, 1.165) is 17.2 Å². The van der Waals surface area contributed by atoms with Crippen molar-refractivity contribution < 1.29 is 33.3 Å². The molecule has 1 fully saturated rings. The second-order valence-corrected chi connectivity index (χ2v) is 7.38. The molecule has 9 nitrogen and oxygen atoms in total. The molecular weight excluding hydrogens is 366 g/mol. The van der Waals surface area contributed by atoms with Gasteiger partial charge in [0.25, 0.3) is 5.91 Å². The van der Waals surface area contributed by atoms with Gasteiger partial charge in [0.1, 0.15) is 5.60 Å². The van der Waals surface area contributed by atoms with Crippen LogP contribution in [0.3, 0.4) is 0 Å². The predicted molar refractivity (Wildman–Crippen MR) is 89.2 cm³/mol. The predicted octanol–water partition coefficient (Wildman–Crippen LogP) is 0.739. The summed E-state index contributed by atoms with van der Waals surface area (Å²) in [6.07, 6.45) is -2.02. The van der Waals surface area contributed by atoms with Crippen LogP contribution in [0.25, 0.3) is 0 Å². The lowest BCUT2D eigenvalue weighted by atomic mass is 10.1. The third-order valence-corrected chi connectivity index (χ3v) is 3.85. The lowest BCUT2D eigenvalue weighted by Crippen LogP contribution is -2.48. The van der Waals surface area contributed by atoms with Crippen LogP contribution in [0.4, 0.5) is 13.6 Å². The first kappa shape index (κ1) is 21.0. The lowest BCUT2D eigenvalue weighted by Gasteiger charge is -2.26. The first-order valence-corrected chi connectivity index (χ1v) is 8.44. The van der Waals surface area contributed by atoms with Gasteiger partial charge in [0.15, 0.2) is 5.69 Å². The molecule has 3 atom stereocenters. The summed E-state index contributed by atoms with van der Waals surface area (Å²) in [6.45, 7) is 1.83.